The van der Waals surface area contributed by atoms with Gasteiger partial charge in [-0.3, -0.25) is 19.9 Å². The van der Waals surface area contributed by atoms with Gasteiger partial charge in [0.1, 0.15) is 0 Å². The fraction of sp³-hybridized carbons (Fsp3) is 0.214. The van der Waals surface area contributed by atoms with Crippen LogP contribution in [0.1, 0.15) is 34.5 Å². The fourth-order valence-corrected chi connectivity index (χ4v) is 4.70. The molecule has 202 valence electrons. The Morgan fingerprint density at radius 3 is 2.46 bits per heavy atom. The highest BCUT2D eigenvalue weighted by molar-refractivity contribution is 6.06. The van der Waals surface area contributed by atoms with Gasteiger partial charge in [-0.1, -0.05) is 0 Å². The zero-order valence-electron chi connectivity index (χ0n) is 21.2. The average molecular weight is 553 g/mol. The lowest BCUT2D eigenvalue weighted by atomic mass is 9.92. The predicted octanol–water partition coefficient (Wildman–Crippen LogP) is 6.60. The van der Waals surface area contributed by atoms with Crippen molar-refractivity contribution in [1.82, 2.24) is 4.98 Å². The Kier molecular flexibility index (Phi) is 8.15. The minimum atomic E-state index is -1.00. The molecule has 1 aromatic heterocycles. The van der Waals surface area contributed by atoms with Crippen molar-refractivity contribution in [1.29, 1.82) is 0 Å². The van der Waals surface area contributed by atoms with E-state index in [-0.39, 0.29) is 18.0 Å². The van der Waals surface area contributed by atoms with E-state index in [1.54, 1.807) is 20.3 Å². The van der Waals surface area contributed by atoms with E-state index in [0.29, 0.717) is 17.2 Å². The number of amides is 1. The van der Waals surface area contributed by atoms with Crippen molar-refractivity contribution in [3.8, 4) is 11.5 Å². The second-order valence-electron chi connectivity index (χ2n) is 8.92. The van der Waals surface area contributed by atoms with Crippen LogP contribution in [-0.4, -0.2) is 30.0 Å². The topological polar surface area (TPSA) is 116 Å². The molecule has 1 aliphatic rings. The SMILES string of the molecule is COc1ccc(Nc2c3c(nc4ccc(NC(=O)c5ccc(F)c([N+](=O)[O-])c5)cc24)CCCC3)cc1OC.Cl. The zero-order chi connectivity index (χ0) is 26.8. The molecule has 4 aromatic rings. The van der Waals surface area contributed by atoms with E-state index in [4.69, 9.17) is 14.5 Å². The molecule has 0 saturated carbocycles. The van der Waals surface area contributed by atoms with Gasteiger partial charge in [-0.05, 0) is 73.7 Å². The summed E-state index contributed by atoms with van der Waals surface area (Å²) in [6, 6.07) is 14.0. The van der Waals surface area contributed by atoms with E-state index in [0.717, 1.165) is 71.4 Å². The van der Waals surface area contributed by atoms with Gasteiger partial charge in [0.25, 0.3) is 5.91 Å². The average Bonchev–Trinajstić information content (AvgIpc) is 2.93. The second kappa shape index (κ2) is 11.5. The Balaban J connectivity index is 0.00000353. The molecular formula is C28H26ClFN4O5. The van der Waals surface area contributed by atoms with Crippen molar-refractivity contribution < 1.29 is 23.6 Å². The molecular weight excluding hydrogens is 527 g/mol. The van der Waals surface area contributed by atoms with Crippen LogP contribution < -0.4 is 20.1 Å². The number of halogens is 2. The molecule has 0 fully saturated rings. The smallest absolute Gasteiger partial charge is 0.305 e. The van der Waals surface area contributed by atoms with E-state index < -0.39 is 22.3 Å². The second-order valence-corrected chi connectivity index (χ2v) is 8.92. The maximum absolute atomic E-state index is 13.7. The van der Waals surface area contributed by atoms with Gasteiger partial charge in [0.2, 0.25) is 5.82 Å². The van der Waals surface area contributed by atoms with Crippen LogP contribution in [0, 0.1) is 15.9 Å². The summed E-state index contributed by atoms with van der Waals surface area (Å²) < 4.78 is 24.6. The predicted molar refractivity (Wildman–Crippen MR) is 149 cm³/mol. The number of ether oxygens (including phenoxy) is 2. The molecule has 0 saturated heterocycles. The van der Waals surface area contributed by atoms with E-state index in [1.807, 2.05) is 30.3 Å². The Bertz CT molecular complexity index is 1580. The first-order valence-corrected chi connectivity index (χ1v) is 12.1. The monoisotopic (exact) mass is 552 g/mol. The summed E-state index contributed by atoms with van der Waals surface area (Å²) in [5.74, 6) is -0.386. The van der Waals surface area contributed by atoms with Crippen LogP contribution in [0.4, 0.5) is 27.1 Å². The number of anilines is 3. The van der Waals surface area contributed by atoms with Crippen molar-refractivity contribution in [2.24, 2.45) is 0 Å². The molecule has 9 nitrogen and oxygen atoms in total. The largest absolute Gasteiger partial charge is 0.493 e. The molecule has 0 atom stereocenters. The van der Waals surface area contributed by atoms with Gasteiger partial charge in [0.05, 0.1) is 30.3 Å². The number of benzene rings is 3. The number of nitro benzene ring substituents is 1. The third-order valence-electron chi connectivity index (χ3n) is 6.58. The van der Waals surface area contributed by atoms with E-state index in [1.165, 1.54) is 6.07 Å². The molecule has 0 aliphatic heterocycles. The van der Waals surface area contributed by atoms with E-state index in [2.05, 4.69) is 10.6 Å². The van der Waals surface area contributed by atoms with Crippen LogP contribution in [0.25, 0.3) is 10.9 Å². The van der Waals surface area contributed by atoms with Gasteiger partial charge >= 0.3 is 5.69 Å². The Morgan fingerprint density at radius 1 is 0.974 bits per heavy atom. The summed E-state index contributed by atoms with van der Waals surface area (Å²) in [6.45, 7) is 0. The summed E-state index contributed by atoms with van der Waals surface area (Å²) in [5.41, 5.74) is 4.32. The minimum absolute atomic E-state index is 0. The number of carbonyl (C=O) groups is 1. The van der Waals surface area contributed by atoms with Gasteiger partial charge < -0.3 is 20.1 Å². The fourth-order valence-electron chi connectivity index (χ4n) is 4.70. The number of hydrogen-bond acceptors (Lipinski definition) is 7. The Hall–Kier alpha value is -4.44. The number of carbonyl (C=O) groups excluding carboxylic acids is 1. The minimum Gasteiger partial charge on any atom is -0.493 e. The summed E-state index contributed by atoms with van der Waals surface area (Å²) in [4.78, 5) is 28.0. The van der Waals surface area contributed by atoms with Gasteiger partial charge in [0.15, 0.2) is 11.5 Å². The molecule has 5 rings (SSSR count). The Morgan fingerprint density at radius 2 is 1.72 bits per heavy atom. The highest BCUT2D eigenvalue weighted by Gasteiger charge is 2.21. The lowest BCUT2D eigenvalue weighted by Crippen LogP contribution is -2.13. The molecule has 1 heterocycles. The standard InChI is InChI=1S/C28H25FN4O5.ClH/c1-37-25-12-9-18(15-26(25)38-2)30-27-19-5-3-4-6-22(19)32-23-11-8-17(14-20(23)27)31-28(34)16-7-10-21(29)24(13-16)33(35)36;/h7-15H,3-6H2,1-2H3,(H,30,32)(H,31,34);1H. The normalized spacial score (nSPS) is 12.2. The van der Waals surface area contributed by atoms with Crippen molar-refractivity contribution in [2.45, 2.75) is 25.7 Å². The van der Waals surface area contributed by atoms with Gasteiger partial charge in [-0.25, -0.2) is 0 Å². The van der Waals surface area contributed by atoms with Crippen LogP contribution in [0.5, 0.6) is 11.5 Å². The van der Waals surface area contributed by atoms with Gasteiger partial charge in [-0.15, -0.1) is 12.4 Å². The summed E-state index contributed by atoms with van der Waals surface area (Å²) in [5, 5.41) is 18.2. The summed E-state index contributed by atoms with van der Waals surface area (Å²) >= 11 is 0. The molecule has 0 radical (unpaired) electrons. The first-order valence-electron chi connectivity index (χ1n) is 12.1. The number of methoxy groups -OCH3 is 2. The van der Waals surface area contributed by atoms with Crippen LogP contribution in [0.15, 0.2) is 54.6 Å². The summed E-state index contributed by atoms with van der Waals surface area (Å²) in [7, 11) is 3.16. The lowest BCUT2D eigenvalue weighted by Gasteiger charge is -2.22. The number of hydrogen-bond donors (Lipinski definition) is 2. The first kappa shape index (κ1) is 27.6. The third-order valence-corrected chi connectivity index (χ3v) is 6.58. The molecule has 11 heteroatoms. The van der Waals surface area contributed by atoms with Crippen LogP contribution in [0.3, 0.4) is 0 Å². The van der Waals surface area contributed by atoms with Gasteiger partial charge in [0, 0.05) is 40.2 Å². The van der Waals surface area contributed by atoms with Crippen molar-refractivity contribution >= 4 is 52.0 Å². The molecule has 0 spiro atoms. The number of nitro groups is 1. The zero-order valence-corrected chi connectivity index (χ0v) is 22.1. The lowest BCUT2D eigenvalue weighted by molar-refractivity contribution is -0.387. The maximum atomic E-state index is 13.7. The van der Waals surface area contributed by atoms with E-state index in [9.17, 15) is 19.3 Å². The molecule has 39 heavy (non-hydrogen) atoms. The van der Waals surface area contributed by atoms with Gasteiger partial charge in [-0.2, -0.15) is 4.39 Å². The van der Waals surface area contributed by atoms with Crippen LogP contribution in [-0.2, 0) is 12.8 Å². The van der Waals surface area contributed by atoms with Crippen molar-refractivity contribution in [2.75, 3.05) is 24.9 Å². The highest BCUT2D eigenvalue weighted by Crippen LogP contribution is 2.38. The number of aryl methyl sites for hydroxylation is 1. The first-order chi connectivity index (χ1) is 18.4. The maximum Gasteiger partial charge on any atom is 0.305 e. The molecule has 1 amide bonds. The van der Waals surface area contributed by atoms with Crippen molar-refractivity contribution in [3.63, 3.8) is 0 Å². The molecule has 0 bridgehead atoms. The van der Waals surface area contributed by atoms with Crippen LogP contribution >= 0.6 is 12.4 Å². The Labute approximate surface area is 229 Å². The van der Waals surface area contributed by atoms with E-state index >= 15 is 0 Å². The van der Waals surface area contributed by atoms with Crippen LogP contribution in [0.2, 0.25) is 0 Å². The quantitative estimate of drug-likeness (QED) is 0.196. The molecule has 2 N–H and O–H groups in total. The number of nitrogens with one attached hydrogen (secondary N) is 2. The van der Waals surface area contributed by atoms with Crippen molar-refractivity contribution in [3.05, 3.63) is 87.3 Å². The number of nitrogens with zero attached hydrogens (tertiary/aromatic N) is 2. The number of rotatable bonds is 7. The third kappa shape index (κ3) is 5.56. The number of pyridine rings is 1. The molecule has 1 aliphatic carbocycles. The molecule has 3 aromatic carbocycles. The number of fused-ring (bicyclic) bond motifs is 2. The molecule has 0 unspecified atom stereocenters. The summed E-state index contributed by atoms with van der Waals surface area (Å²) in [6.07, 6.45) is 3.86. The number of aromatic nitrogens is 1. The highest BCUT2D eigenvalue weighted by atomic mass is 35.5.